The molecule has 180 valence electrons. The number of hydrogen-bond acceptors (Lipinski definition) is 5. The van der Waals surface area contributed by atoms with Crippen molar-refractivity contribution >= 4 is 28.8 Å². The van der Waals surface area contributed by atoms with Crippen LogP contribution in [-0.2, 0) is 4.74 Å². The van der Waals surface area contributed by atoms with Crippen LogP contribution in [0.25, 0.3) is 5.52 Å². The standard InChI is InChI=1S/C31H21NO5/c1-37-31(36)23-17-18-32-24(19-23)25(28(33)20-11-5-2-6-12-20)26(29(34)21-13-7-3-8-14-21)27(32)30(35)22-15-9-4-10-16-22/h2-19H,1H3. The molecule has 0 aliphatic rings. The first-order chi connectivity index (χ1) is 18.0. The van der Waals surface area contributed by atoms with Gasteiger partial charge in [-0.3, -0.25) is 14.4 Å². The molecule has 2 aromatic heterocycles. The molecule has 5 aromatic rings. The van der Waals surface area contributed by atoms with Gasteiger partial charge in [-0.15, -0.1) is 0 Å². The van der Waals surface area contributed by atoms with Crippen LogP contribution in [0.3, 0.4) is 0 Å². The van der Waals surface area contributed by atoms with Gasteiger partial charge in [0.25, 0.3) is 0 Å². The van der Waals surface area contributed by atoms with Gasteiger partial charge in [-0.1, -0.05) is 91.0 Å². The molecule has 2 heterocycles. The summed E-state index contributed by atoms with van der Waals surface area (Å²) in [5, 5.41) is 0. The summed E-state index contributed by atoms with van der Waals surface area (Å²) in [7, 11) is 1.26. The molecule has 6 nitrogen and oxygen atoms in total. The van der Waals surface area contributed by atoms with Gasteiger partial charge in [0.05, 0.1) is 29.3 Å². The Hall–Kier alpha value is -5.10. The van der Waals surface area contributed by atoms with E-state index in [-0.39, 0.29) is 27.9 Å². The highest BCUT2D eigenvalue weighted by atomic mass is 16.5. The fraction of sp³-hybridized carbons (Fsp3) is 0.0323. The van der Waals surface area contributed by atoms with Crippen molar-refractivity contribution in [2.45, 2.75) is 0 Å². The summed E-state index contributed by atoms with van der Waals surface area (Å²) in [6.45, 7) is 0. The number of aromatic nitrogens is 1. The third-order valence-electron chi connectivity index (χ3n) is 6.14. The molecule has 0 spiro atoms. The average Bonchev–Trinajstić information content (AvgIpc) is 3.31. The third kappa shape index (κ3) is 4.25. The van der Waals surface area contributed by atoms with E-state index in [1.807, 2.05) is 0 Å². The number of pyridine rings is 1. The Morgan fingerprint density at radius 3 is 1.51 bits per heavy atom. The second kappa shape index (κ2) is 9.87. The van der Waals surface area contributed by atoms with Crippen molar-refractivity contribution in [1.29, 1.82) is 0 Å². The Morgan fingerprint density at radius 2 is 1.03 bits per heavy atom. The van der Waals surface area contributed by atoms with Crippen LogP contribution in [-0.4, -0.2) is 34.8 Å². The summed E-state index contributed by atoms with van der Waals surface area (Å²) < 4.78 is 6.38. The van der Waals surface area contributed by atoms with E-state index in [2.05, 4.69) is 0 Å². The van der Waals surface area contributed by atoms with E-state index in [4.69, 9.17) is 4.74 Å². The topological polar surface area (TPSA) is 81.9 Å². The molecule has 0 fully saturated rings. The van der Waals surface area contributed by atoms with Crippen molar-refractivity contribution < 1.29 is 23.9 Å². The van der Waals surface area contributed by atoms with E-state index >= 15 is 0 Å². The molecule has 0 N–H and O–H groups in total. The Bertz CT molecular complexity index is 1650. The average molecular weight is 488 g/mol. The van der Waals surface area contributed by atoms with Gasteiger partial charge in [0.1, 0.15) is 5.69 Å². The normalized spacial score (nSPS) is 10.7. The van der Waals surface area contributed by atoms with Crippen molar-refractivity contribution in [1.82, 2.24) is 4.40 Å². The minimum Gasteiger partial charge on any atom is -0.465 e. The van der Waals surface area contributed by atoms with E-state index < -0.39 is 23.3 Å². The molecule has 0 bridgehead atoms. The Morgan fingerprint density at radius 1 is 0.568 bits per heavy atom. The number of hydrogen-bond donors (Lipinski definition) is 0. The van der Waals surface area contributed by atoms with Crippen molar-refractivity contribution in [3.8, 4) is 0 Å². The molecule has 5 rings (SSSR count). The molecule has 3 aromatic carbocycles. The first kappa shape index (κ1) is 23.6. The van der Waals surface area contributed by atoms with Crippen LogP contribution in [0.2, 0.25) is 0 Å². The van der Waals surface area contributed by atoms with Gasteiger partial charge in [0, 0.05) is 22.9 Å². The van der Waals surface area contributed by atoms with Crippen LogP contribution in [0.5, 0.6) is 0 Å². The number of fused-ring (bicyclic) bond motifs is 1. The maximum Gasteiger partial charge on any atom is 0.337 e. The number of carbonyl (C=O) groups is 4. The lowest BCUT2D eigenvalue weighted by atomic mass is 9.92. The Balaban J connectivity index is 1.89. The second-order valence-corrected chi connectivity index (χ2v) is 8.35. The highest BCUT2D eigenvalue weighted by Crippen LogP contribution is 2.31. The lowest BCUT2D eigenvalue weighted by Gasteiger charge is -2.08. The zero-order chi connectivity index (χ0) is 25.9. The van der Waals surface area contributed by atoms with Gasteiger partial charge in [-0.05, 0) is 12.1 Å². The summed E-state index contributed by atoms with van der Waals surface area (Å²) in [4.78, 5) is 54.2. The number of ether oxygens (including phenoxy) is 1. The summed E-state index contributed by atoms with van der Waals surface area (Å²) in [6.07, 6.45) is 1.52. The number of ketones is 3. The first-order valence-electron chi connectivity index (χ1n) is 11.6. The number of benzene rings is 3. The van der Waals surface area contributed by atoms with Crippen LogP contribution in [0, 0.1) is 0 Å². The Labute approximate surface area is 212 Å². The van der Waals surface area contributed by atoms with Crippen LogP contribution in [0.4, 0.5) is 0 Å². The number of nitrogens with zero attached hydrogens (tertiary/aromatic N) is 1. The zero-order valence-electron chi connectivity index (χ0n) is 19.9. The largest absolute Gasteiger partial charge is 0.465 e. The van der Waals surface area contributed by atoms with Gasteiger partial charge in [-0.2, -0.15) is 0 Å². The molecular formula is C31H21NO5. The number of rotatable bonds is 7. The van der Waals surface area contributed by atoms with E-state index in [0.29, 0.717) is 16.7 Å². The van der Waals surface area contributed by atoms with Crippen molar-refractivity contribution in [3.63, 3.8) is 0 Å². The predicted molar refractivity (Wildman–Crippen MR) is 138 cm³/mol. The fourth-order valence-electron chi connectivity index (χ4n) is 4.37. The van der Waals surface area contributed by atoms with E-state index in [1.165, 1.54) is 29.8 Å². The van der Waals surface area contributed by atoms with Gasteiger partial charge in [-0.25, -0.2) is 4.79 Å². The van der Waals surface area contributed by atoms with Crippen LogP contribution in [0.15, 0.2) is 109 Å². The minimum atomic E-state index is -0.603. The summed E-state index contributed by atoms with van der Waals surface area (Å²) in [6, 6.07) is 28.5. The van der Waals surface area contributed by atoms with E-state index in [9.17, 15) is 19.2 Å². The van der Waals surface area contributed by atoms with Gasteiger partial charge >= 0.3 is 5.97 Å². The summed E-state index contributed by atoms with van der Waals surface area (Å²) >= 11 is 0. The molecule has 6 heteroatoms. The number of esters is 1. The molecular weight excluding hydrogens is 466 g/mol. The highest BCUT2D eigenvalue weighted by Gasteiger charge is 2.33. The monoisotopic (exact) mass is 487 g/mol. The van der Waals surface area contributed by atoms with Gasteiger partial charge in [0.2, 0.25) is 5.78 Å². The molecule has 37 heavy (non-hydrogen) atoms. The lowest BCUT2D eigenvalue weighted by Crippen LogP contribution is -2.15. The number of methoxy groups -OCH3 is 1. The summed E-state index contributed by atoms with van der Waals surface area (Å²) in [5.41, 5.74) is 1.56. The fourth-order valence-corrected chi connectivity index (χ4v) is 4.37. The highest BCUT2D eigenvalue weighted by molar-refractivity contribution is 6.28. The molecule has 0 amide bonds. The van der Waals surface area contributed by atoms with E-state index in [1.54, 1.807) is 91.0 Å². The van der Waals surface area contributed by atoms with Crippen molar-refractivity contribution in [2.24, 2.45) is 0 Å². The molecule has 0 saturated carbocycles. The van der Waals surface area contributed by atoms with E-state index in [0.717, 1.165) is 0 Å². The van der Waals surface area contributed by atoms with Gasteiger partial charge < -0.3 is 9.14 Å². The molecule has 0 aliphatic carbocycles. The molecule has 0 unspecified atom stereocenters. The van der Waals surface area contributed by atoms with Crippen LogP contribution in [0.1, 0.15) is 58.3 Å². The molecule has 0 atom stereocenters. The molecule has 0 saturated heterocycles. The Kier molecular flexibility index (Phi) is 6.31. The SMILES string of the molecule is COC(=O)c1ccn2c(C(=O)c3ccccc3)c(C(=O)c3ccccc3)c(C(=O)c3ccccc3)c2c1. The molecule has 0 radical (unpaired) electrons. The smallest absolute Gasteiger partial charge is 0.337 e. The van der Waals surface area contributed by atoms with Crippen LogP contribution < -0.4 is 0 Å². The second-order valence-electron chi connectivity index (χ2n) is 8.35. The predicted octanol–water partition coefficient (Wildman–Crippen LogP) is 5.42. The van der Waals surface area contributed by atoms with Crippen molar-refractivity contribution in [3.05, 3.63) is 148 Å². The maximum absolute atomic E-state index is 14.0. The van der Waals surface area contributed by atoms with Gasteiger partial charge in [0.15, 0.2) is 11.6 Å². The zero-order valence-corrected chi connectivity index (χ0v) is 19.9. The van der Waals surface area contributed by atoms with Crippen molar-refractivity contribution in [2.75, 3.05) is 7.11 Å². The quantitative estimate of drug-likeness (QED) is 0.226. The van der Waals surface area contributed by atoms with Crippen LogP contribution >= 0.6 is 0 Å². The third-order valence-corrected chi connectivity index (χ3v) is 6.14. The minimum absolute atomic E-state index is 0.0177. The lowest BCUT2D eigenvalue weighted by molar-refractivity contribution is 0.0600. The maximum atomic E-state index is 14.0. The first-order valence-corrected chi connectivity index (χ1v) is 11.6. The molecule has 0 aliphatic heterocycles. The summed E-state index contributed by atoms with van der Waals surface area (Å²) in [5.74, 6) is -1.93. The number of carbonyl (C=O) groups excluding carboxylic acids is 4.